The average Bonchev–Trinajstić information content (AvgIpc) is 2.28. The van der Waals surface area contributed by atoms with Gasteiger partial charge in [0.25, 0.3) is 0 Å². The summed E-state index contributed by atoms with van der Waals surface area (Å²) in [6, 6.07) is -0.328. The summed E-state index contributed by atoms with van der Waals surface area (Å²) in [5.41, 5.74) is 5.65. The van der Waals surface area contributed by atoms with E-state index in [2.05, 4.69) is 12.2 Å². The molecule has 0 heterocycles. The van der Waals surface area contributed by atoms with Crippen molar-refractivity contribution < 1.29 is 4.79 Å². The minimum Gasteiger partial charge on any atom is -0.355 e. The molecule has 0 bridgehead atoms. The van der Waals surface area contributed by atoms with Crippen molar-refractivity contribution in [2.24, 2.45) is 17.6 Å². The minimum atomic E-state index is -0.328. The highest BCUT2D eigenvalue weighted by Crippen LogP contribution is 2.30. The molecule has 0 aromatic heterocycles. The van der Waals surface area contributed by atoms with Gasteiger partial charge in [0.2, 0.25) is 5.91 Å². The highest BCUT2D eigenvalue weighted by Gasteiger charge is 2.19. The van der Waals surface area contributed by atoms with Crippen molar-refractivity contribution in [3.63, 3.8) is 0 Å². The molecule has 1 aliphatic rings. The van der Waals surface area contributed by atoms with Gasteiger partial charge in [-0.25, -0.2) is 0 Å². The van der Waals surface area contributed by atoms with Gasteiger partial charge in [0, 0.05) is 6.54 Å². The maximum Gasteiger partial charge on any atom is 0.236 e. The van der Waals surface area contributed by atoms with Crippen molar-refractivity contribution in [3.05, 3.63) is 0 Å². The second-order valence-corrected chi connectivity index (χ2v) is 5.23. The lowest BCUT2D eigenvalue weighted by Gasteiger charge is -2.26. The first-order valence-corrected chi connectivity index (χ1v) is 6.66. The number of hydrogen-bond acceptors (Lipinski definition) is 2. The van der Waals surface area contributed by atoms with Crippen LogP contribution < -0.4 is 11.1 Å². The van der Waals surface area contributed by atoms with E-state index in [0.29, 0.717) is 6.42 Å². The summed E-state index contributed by atoms with van der Waals surface area (Å²) >= 11 is 0. The molecular weight excluding hydrogens is 200 g/mol. The first kappa shape index (κ1) is 13.5. The van der Waals surface area contributed by atoms with E-state index < -0.39 is 0 Å². The Morgan fingerprint density at radius 3 is 2.88 bits per heavy atom. The molecule has 0 aliphatic heterocycles. The van der Waals surface area contributed by atoms with E-state index in [-0.39, 0.29) is 11.9 Å². The molecule has 1 fully saturated rings. The SMILES string of the molecule is CCC(N)C(=O)NCCC1CCCC(C)C1. The predicted molar refractivity (Wildman–Crippen MR) is 67.0 cm³/mol. The molecule has 3 unspecified atom stereocenters. The van der Waals surface area contributed by atoms with Crippen molar-refractivity contribution >= 4 is 5.91 Å². The Morgan fingerprint density at radius 2 is 2.25 bits per heavy atom. The maximum absolute atomic E-state index is 11.4. The van der Waals surface area contributed by atoms with E-state index in [1.807, 2.05) is 6.92 Å². The number of amides is 1. The quantitative estimate of drug-likeness (QED) is 0.754. The monoisotopic (exact) mass is 226 g/mol. The van der Waals surface area contributed by atoms with Crippen LogP contribution in [0.25, 0.3) is 0 Å². The summed E-state index contributed by atoms with van der Waals surface area (Å²) in [6.45, 7) is 5.06. The Bertz CT molecular complexity index is 218. The van der Waals surface area contributed by atoms with E-state index >= 15 is 0 Å². The van der Waals surface area contributed by atoms with Crippen molar-refractivity contribution in [1.82, 2.24) is 5.32 Å². The molecule has 3 atom stereocenters. The van der Waals surface area contributed by atoms with E-state index in [4.69, 9.17) is 5.73 Å². The Kier molecular flexibility index (Phi) is 5.81. The number of nitrogens with one attached hydrogen (secondary N) is 1. The average molecular weight is 226 g/mol. The van der Waals surface area contributed by atoms with Gasteiger partial charge < -0.3 is 11.1 Å². The van der Waals surface area contributed by atoms with Gasteiger partial charge in [0.15, 0.2) is 0 Å². The standard InChI is InChI=1S/C13H26N2O/c1-3-12(14)13(16)15-8-7-11-6-4-5-10(2)9-11/h10-12H,3-9,14H2,1-2H3,(H,15,16). The number of rotatable bonds is 5. The number of carbonyl (C=O) groups excluding carboxylic acids is 1. The summed E-state index contributed by atoms with van der Waals surface area (Å²) in [5.74, 6) is 1.68. The summed E-state index contributed by atoms with van der Waals surface area (Å²) in [4.78, 5) is 11.4. The predicted octanol–water partition coefficient (Wildman–Crippen LogP) is 2.06. The second kappa shape index (κ2) is 6.89. The molecule has 3 N–H and O–H groups in total. The van der Waals surface area contributed by atoms with Gasteiger partial charge in [-0.3, -0.25) is 4.79 Å². The maximum atomic E-state index is 11.4. The summed E-state index contributed by atoms with van der Waals surface area (Å²) in [6.07, 6.45) is 7.23. The molecule has 0 aromatic carbocycles. The third-order valence-electron chi connectivity index (χ3n) is 3.67. The lowest BCUT2D eigenvalue weighted by atomic mass is 9.81. The van der Waals surface area contributed by atoms with E-state index in [1.165, 1.54) is 25.7 Å². The zero-order valence-electron chi connectivity index (χ0n) is 10.7. The molecule has 16 heavy (non-hydrogen) atoms. The Hall–Kier alpha value is -0.570. The highest BCUT2D eigenvalue weighted by atomic mass is 16.2. The van der Waals surface area contributed by atoms with Gasteiger partial charge in [-0.05, 0) is 31.1 Å². The minimum absolute atomic E-state index is 0.00589. The molecule has 3 heteroatoms. The molecule has 0 aromatic rings. The van der Waals surface area contributed by atoms with Crippen LogP contribution >= 0.6 is 0 Å². The summed E-state index contributed by atoms with van der Waals surface area (Å²) in [5, 5.41) is 2.93. The molecule has 0 radical (unpaired) electrons. The topological polar surface area (TPSA) is 55.1 Å². The van der Waals surface area contributed by atoms with Gasteiger partial charge in [0.05, 0.1) is 6.04 Å². The van der Waals surface area contributed by atoms with Crippen LogP contribution in [0.15, 0.2) is 0 Å². The molecular formula is C13H26N2O. The Morgan fingerprint density at radius 1 is 1.50 bits per heavy atom. The smallest absolute Gasteiger partial charge is 0.236 e. The van der Waals surface area contributed by atoms with Crippen molar-refractivity contribution in [1.29, 1.82) is 0 Å². The number of nitrogens with two attached hydrogens (primary N) is 1. The zero-order valence-corrected chi connectivity index (χ0v) is 10.7. The fourth-order valence-electron chi connectivity index (χ4n) is 2.54. The third-order valence-corrected chi connectivity index (χ3v) is 3.67. The van der Waals surface area contributed by atoms with Crippen molar-refractivity contribution in [3.8, 4) is 0 Å². The van der Waals surface area contributed by atoms with Gasteiger partial charge in [-0.2, -0.15) is 0 Å². The largest absolute Gasteiger partial charge is 0.355 e. The van der Waals surface area contributed by atoms with Crippen LogP contribution in [0, 0.1) is 11.8 Å². The fourth-order valence-corrected chi connectivity index (χ4v) is 2.54. The van der Waals surface area contributed by atoms with Crippen LogP contribution in [0.3, 0.4) is 0 Å². The van der Waals surface area contributed by atoms with Crippen LogP contribution in [-0.2, 0) is 4.79 Å². The molecule has 94 valence electrons. The first-order valence-electron chi connectivity index (χ1n) is 6.66. The number of hydrogen-bond donors (Lipinski definition) is 2. The fraction of sp³-hybridized carbons (Fsp3) is 0.923. The number of carbonyl (C=O) groups is 1. The summed E-state index contributed by atoms with van der Waals surface area (Å²) < 4.78 is 0. The molecule has 0 saturated heterocycles. The lowest BCUT2D eigenvalue weighted by Crippen LogP contribution is -2.40. The van der Waals surface area contributed by atoms with E-state index in [9.17, 15) is 4.79 Å². The van der Waals surface area contributed by atoms with Gasteiger partial charge in [0.1, 0.15) is 0 Å². The lowest BCUT2D eigenvalue weighted by molar-refractivity contribution is -0.122. The van der Waals surface area contributed by atoms with Crippen LogP contribution in [0.2, 0.25) is 0 Å². The van der Waals surface area contributed by atoms with Crippen LogP contribution in [-0.4, -0.2) is 18.5 Å². The molecule has 1 rings (SSSR count). The van der Waals surface area contributed by atoms with Gasteiger partial charge in [-0.15, -0.1) is 0 Å². The van der Waals surface area contributed by atoms with Gasteiger partial charge in [-0.1, -0.05) is 33.1 Å². The molecule has 1 saturated carbocycles. The second-order valence-electron chi connectivity index (χ2n) is 5.23. The van der Waals surface area contributed by atoms with E-state index in [0.717, 1.165) is 24.8 Å². The molecule has 0 spiro atoms. The van der Waals surface area contributed by atoms with Crippen LogP contribution in [0.4, 0.5) is 0 Å². The molecule has 1 aliphatic carbocycles. The third kappa shape index (κ3) is 4.52. The van der Waals surface area contributed by atoms with E-state index in [1.54, 1.807) is 0 Å². The highest BCUT2D eigenvalue weighted by molar-refractivity contribution is 5.81. The van der Waals surface area contributed by atoms with Crippen molar-refractivity contribution in [2.75, 3.05) is 6.54 Å². The Labute approximate surface area is 99.2 Å². The summed E-state index contributed by atoms with van der Waals surface area (Å²) in [7, 11) is 0. The van der Waals surface area contributed by atoms with Crippen molar-refractivity contribution in [2.45, 2.75) is 58.4 Å². The molecule has 1 amide bonds. The zero-order chi connectivity index (χ0) is 12.0. The normalized spacial score (nSPS) is 27.4. The van der Waals surface area contributed by atoms with Gasteiger partial charge >= 0.3 is 0 Å². The van der Waals surface area contributed by atoms with Crippen LogP contribution in [0.5, 0.6) is 0 Å². The first-order chi connectivity index (χ1) is 7.63. The van der Waals surface area contributed by atoms with Crippen LogP contribution in [0.1, 0.15) is 52.4 Å². The molecule has 3 nitrogen and oxygen atoms in total. The Balaban J connectivity index is 2.12.